The van der Waals surface area contributed by atoms with Crippen LogP contribution in [0, 0.1) is 5.82 Å². The molecule has 2 amide bonds. The molecule has 0 saturated carbocycles. The number of morpholine rings is 1. The van der Waals surface area contributed by atoms with Crippen LogP contribution in [0.3, 0.4) is 0 Å². The van der Waals surface area contributed by atoms with Crippen LogP contribution >= 0.6 is 0 Å². The molecule has 1 fully saturated rings. The number of halogens is 1. The Labute approximate surface area is 121 Å². The Morgan fingerprint density at radius 3 is 2.81 bits per heavy atom. The zero-order valence-electron chi connectivity index (χ0n) is 11.8. The van der Waals surface area contributed by atoms with E-state index in [1.54, 1.807) is 4.90 Å². The fraction of sp³-hybridized carbons (Fsp3) is 0.429. The number of carboxylic acid groups (broad SMARTS) is 1. The zero-order chi connectivity index (χ0) is 15.6. The van der Waals surface area contributed by atoms with Gasteiger partial charge in [0.05, 0.1) is 30.0 Å². The second kappa shape index (κ2) is 6.09. The SMILES string of the molecule is CC1CN(C(=O)Nc2cc(C(=O)O)ccc2F)C(C)CO1. The Kier molecular flexibility index (Phi) is 4.42. The number of hydrogen-bond donors (Lipinski definition) is 2. The van der Waals surface area contributed by atoms with Gasteiger partial charge in [-0.2, -0.15) is 0 Å². The summed E-state index contributed by atoms with van der Waals surface area (Å²) in [6, 6.07) is 2.66. The van der Waals surface area contributed by atoms with Crippen molar-refractivity contribution in [2.45, 2.75) is 26.0 Å². The highest BCUT2D eigenvalue weighted by Gasteiger charge is 2.28. The van der Waals surface area contributed by atoms with Gasteiger partial charge in [-0.3, -0.25) is 0 Å². The lowest BCUT2D eigenvalue weighted by molar-refractivity contribution is -0.0296. The minimum Gasteiger partial charge on any atom is -0.478 e. The number of nitrogens with one attached hydrogen (secondary N) is 1. The molecule has 1 aromatic rings. The van der Waals surface area contributed by atoms with Gasteiger partial charge in [0.2, 0.25) is 0 Å². The number of aromatic carboxylic acids is 1. The maximum atomic E-state index is 13.7. The normalized spacial score (nSPS) is 22.0. The van der Waals surface area contributed by atoms with Crippen molar-refractivity contribution in [2.24, 2.45) is 0 Å². The average Bonchev–Trinajstić information content (AvgIpc) is 2.43. The van der Waals surface area contributed by atoms with E-state index in [4.69, 9.17) is 9.84 Å². The van der Waals surface area contributed by atoms with Gasteiger partial charge in [-0.15, -0.1) is 0 Å². The lowest BCUT2D eigenvalue weighted by Crippen LogP contribution is -2.51. The molecule has 1 aromatic carbocycles. The van der Waals surface area contributed by atoms with E-state index in [-0.39, 0.29) is 23.4 Å². The molecule has 7 heteroatoms. The second-order valence-corrected chi connectivity index (χ2v) is 5.08. The van der Waals surface area contributed by atoms with Crippen molar-refractivity contribution in [1.29, 1.82) is 0 Å². The van der Waals surface area contributed by atoms with Gasteiger partial charge < -0.3 is 20.1 Å². The molecule has 1 saturated heterocycles. The number of urea groups is 1. The van der Waals surface area contributed by atoms with E-state index in [0.717, 1.165) is 18.2 Å². The molecule has 0 bridgehead atoms. The molecule has 21 heavy (non-hydrogen) atoms. The van der Waals surface area contributed by atoms with Gasteiger partial charge in [0, 0.05) is 6.54 Å². The molecular formula is C14H17FN2O4. The van der Waals surface area contributed by atoms with E-state index >= 15 is 0 Å². The Bertz CT molecular complexity index is 564. The summed E-state index contributed by atoms with van der Waals surface area (Å²) in [7, 11) is 0. The highest BCUT2D eigenvalue weighted by Crippen LogP contribution is 2.19. The van der Waals surface area contributed by atoms with E-state index in [9.17, 15) is 14.0 Å². The van der Waals surface area contributed by atoms with Crippen LogP contribution in [-0.2, 0) is 4.74 Å². The third kappa shape index (κ3) is 3.49. The maximum absolute atomic E-state index is 13.7. The molecule has 1 heterocycles. The topological polar surface area (TPSA) is 78.9 Å². The van der Waals surface area contributed by atoms with Gasteiger partial charge >= 0.3 is 12.0 Å². The quantitative estimate of drug-likeness (QED) is 0.876. The Morgan fingerprint density at radius 2 is 2.14 bits per heavy atom. The summed E-state index contributed by atoms with van der Waals surface area (Å²) in [6.07, 6.45) is -0.0952. The lowest BCUT2D eigenvalue weighted by atomic mass is 10.2. The summed E-state index contributed by atoms with van der Waals surface area (Å²) in [5.41, 5.74) is -0.235. The van der Waals surface area contributed by atoms with Gasteiger partial charge in [-0.1, -0.05) is 0 Å². The third-order valence-corrected chi connectivity index (χ3v) is 3.32. The van der Waals surface area contributed by atoms with Crippen LogP contribution in [-0.4, -0.2) is 47.3 Å². The van der Waals surface area contributed by atoms with Gasteiger partial charge in [0.25, 0.3) is 0 Å². The fourth-order valence-corrected chi connectivity index (χ4v) is 2.13. The van der Waals surface area contributed by atoms with E-state index in [2.05, 4.69) is 5.32 Å². The predicted molar refractivity (Wildman–Crippen MR) is 74.0 cm³/mol. The first kappa shape index (κ1) is 15.2. The second-order valence-electron chi connectivity index (χ2n) is 5.08. The van der Waals surface area contributed by atoms with Crippen LogP contribution in [0.5, 0.6) is 0 Å². The van der Waals surface area contributed by atoms with Crippen LogP contribution in [0.15, 0.2) is 18.2 Å². The van der Waals surface area contributed by atoms with Crippen LogP contribution in [0.4, 0.5) is 14.9 Å². The van der Waals surface area contributed by atoms with Gasteiger partial charge in [0.1, 0.15) is 5.82 Å². The van der Waals surface area contributed by atoms with Gasteiger partial charge in [-0.25, -0.2) is 14.0 Å². The maximum Gasteiger partial charge on any atom is 0.335 e. The number of ether oxygens (including phenoxy) is 1. The molecule has 1 aliphatic heterocycles. The first-order valence-corrected chi connectivity index (χ1v) is 6.60. The average molecular weight is 296 g/mol. The Hall–Kier alpha value is -2.15. The molecule has 0 aliphatic carbocycles. The molecule has 114 valence electrons. The molecule has 2 rings (SSSR count). The van der Waals surface area contributed by atoms with Crippen LogP contribution in [0.1, 0.15) is 24.2 Å². The summed E-state index contributed by atoms with van der Waals surface area (Å²) >= 11 is 0. The standard InChI is InChI=1S/C14H17FN2O4/c1-8-7-21-9(2)6-17(8)14(20)16-12-5-10(13(18)19)3-4-11(12)15/h3-5,8-9H,6-7H2,1-2H3,(H,16,20)(H,18,19). The van der Waals surface area contributed by atoms with E-state index in [1.165, 1.54) is 0 Å². The monoisotopic (exact) mass is 296 g/mol. The summed E-state index contributed by atoms with van der Waals surface area (Å²) < 4.78 is 19.1. The van der Waals surface area contributed by atoms with Crippen molar-refractivity contribution in [2.75, 3.05) is 18.5 Å². The molecule has 0 spiro atoms. The fourth-order valence-electron chi connectivity index (χ4n) is 2.13. The highest BCUT2D eigenvalue weighted by atomic mass is 19.1. The molecule has 0 radical (unpaired) electrons. The van der Waals surface area contributed by atoms with Crippen molar-refractivity contribution in [3.63, 3.8) is 0 Å². The van der Waals surface area contributed by atoms with Crippen LogP contribution in [0.2, 0.25) is 0 Å². The number of carbonyl (C=O) groups excluding carboxylic acids is 1. The van der Waals surface area contributed by atoms with Crippen molar-refractivity contribution in [1.82, 2.24) is 4.90 Å². The first-order chi connectivity index (χ1) is 9.88. The third-order valence-electron chi connectivity index (χ3n) is 3.32. The number of carboxylic acids is 1. The van der Waals surface area contributed by atoms with Crippen molar-refractivity contribution < 1.29 is 23.8 Å². The Balaban J connectivity index is 2.15. The van der Waals surface area contributed by atoms with Gasteiger partial charge in [-0.05, 0) is 32.0 Å². The molecule has 2 N–H and O–H groups in total. The molecule has 2 atom stereocenters. The van der Waals surface area contributed by atoms with E-state index < -0.39 is 17.8 Å². The summed E-state index contributed by atoms with van der Waals surface area (Å²) in [4.78, 5) is 24.6. The molecule has 0 aromatic heterocycles. The van der Waals surface area contributed by atoms with Crippen molar-refractivity contribution in [3.8, 4) is 0 Å². The van der Waals surface area contributed by atoms with E-state index in [0.29, 0.717) is 13.2 Å². The molecular weight excluding hydrogens is 279 g/mol. The highest BCUT2D eigenvalue weighted by molar-refractivity contribution is 5.93. The summed E-state index contributed by atoms with van der Waals surface area (Å²) in [6.45, 7) is 4.48. The van der Waals surface area contributed by atoms with Crippen LogP contribution in [0.25, 0.3) is 0 Å². The number of nitrogens with zero attached hydrogens (tertiary/aromatic N) is 1. The van der Waals surface area contributed by atoms with Gasteiger partial charge in [0.15, 0.2) is 0 Å². The Morgan fingerprint density at radius 1 is 1.43 bits per heavy atom. The zero-order valence-corrected chi connectivity index (χ0v) is 11.8. The number of amides is 2. The lowest BCUT2D eigenvalue weighted by Gasteiger charge is -2.36. The molecule has 6 nitrogen and oxygen atoms in total. The number of benzene rings is 1. The first-order valence-electron chi connectivity index (χ1n) is 6.60. The molecule has 1 aliphatic rings. The van der Waals surface area contributed by atoms with Crippen molar-refractivity contribution >= 4 is 17.7 Å². The number of hydrogen-bond acceptors (Lipinski definition) is 3. The van der Waals surface area contributed by atoms with Crippen molar-refractivity contribution in [3.05, 3.63) is 29.6 Å². The smallest absolute Gasteiger partial charge is 0.335 e. The number of anilines is 1. The van der Waals surface area contributed by atoms with Crippen LogP contribution < -0.4 is 5.32 Å². The summed E-state index contributed by atoms with van der Waals surface area (Å²) in [5, 5.41) is 11.3. The minimum atomic E-state index is -1.18. The predicted octanol–water partition coefficient (Wildman–Crippen LogP) is 2.17. The number of carbonyl (C=O) groups is 2. The minimum absolute atomic E-state index is 0.0879. The largest absolute Gasteiger partial charge is 0.478 e. The number of rotatable bonds is 2. The van der Waals surface area contributed by atoms with E-state index in [1.807, 2.05) is 13.8 Å². The molecule has 2 unspecified atom stereocenters. The summed E-state index contributed by atoms with van der Waals surface area (Å²) in [5.74, 6) is -1.86.